The van der Waals surface area contributed by atoms with Gasteiger partial charge in [0.25, 0.3) is 5.91 Å². The van der Waals surface area contributed by atoms with E-state index in [1.165, 1.54) is 0 Å². The molecule has 4 rings (SSSR count). The third-order valence-corrected chi connectivity index (χ3v) is 8.77. The van der Waals surface area contributed by atoms with Gasteiger partial charge in [-0.2, -0.15) is 0 Å². The summed E-state index contributed by atoms with van der Waals surface area (Å²) in [5, 5.41) is 20.8. The Balaban J connectivity index is 0.00000441. The molecule has 0 aliphatic carbocycles. The van der Waals surface area contributed by atoms with Gasteiger partial charge in [0.1, 0.15) is 0 Å². The predicted octanol–water partition coefficient (Wildman–Crippen LogP) is 5.30. The van der Waals surface area contributed by atoms with Gasteiger partial charge in [-0.3, -0.25) is 18.2 Å². The average Bonchev–Trinajstić information content (AvgIpc) is 2.93. The third kappa shape index (κ3) is 8.86. The summed E-state index contributed by atoms with van der Waals surface area (Å²) >= 11 is 0. The molecule has 0 saturated carbocycles. The molecule has 0 bridgehead atoms. The van der Waals surface area contributed by atoms with Gasteiger partial charge >= 0.3 is 0 Å². The molecule has 40 heavy (non-hydrogen) atoms. The van der Waals surface area contributed by atoms with Gasteiger partial charge in [0.2, 0.25) is 0 Å². The highest BCUT2D eigenvalue weighted by atomic mass is 35.5. The van der Waals surface area contributed by atoms with Gasteiger partial charge < -0.3 is 21.1 Å². The molecule has 1 amide bonds. The number of aliphatic hydroxyl groups is 1. The second-order valence-corrected chi connectivity index (χ2v) is 12.0. The zero-order valence-electron chi connectivity index (χ0n) is 22.8. The van der Waals surface area contributed by atoms with Crippen molar-refractivity contribution in [2.75, 3.05) is 35.0 Å². The van der Waals surface area contributed by atoms with Gasteiger partial charge in [-0.1, -0.05) is 60.7 Å². The fourth-order valence-corrected chi connectivity index (χ4v) is 6.48. The fraction of sp³-hybridized carbons (Fsp3) is 0.367. The molecule has 218 valence electrons. The van der Waals surface area contributed by atoms with E-state index < -0.39 is 22.9 Å². The normalized spacial score (nSPS) is 16.8. The number of carbonyl (C=O) groups is 1. The lowest BCUT2D eigenvalue weighted by molar-refractivity contribution is 0.0830. The third-order valence-electron chi connectivity index (χ3n) is 6.84. The Morgan fingerprint density at radius 3 is 2.30 bits per heavy atom. The van der Waals surface area contributed by atoms with Crippen LogP contribution in [0.1, 0.15) is 41.3 Å². The van der Waals surface area contributed by atoms with Crippen LogP contribution >= 0.6 is 23.2 Å². The van der Waals surface area contributed by atoms with Crippen molar-refractivity contribution in [1.29, 1.82) is 0 Å². The highest BCUT2D eigenvalue weighted by Gasteiger charge is 2.28. The minimum absolute atomic E-state index is 0. The molecule has 0 spiro atoms. The number of benzene rings is 3. The smallest absolute Gasteiger partial charge is 0.251 e. The SMILES string of the molecule is CCNc1cc(C(=O)N[C@@H](Cc2ccccc2)[C@@H](O)CNCc2ccccc2)cc(N2CCCCS2(O)O)c1.Cl. The number of halogens is 1. The molecular weight excluding hydrogens is 548 g/mol. The van der Waals surface area contributed by atoms with Crippen LogP contribution in [0.2, 0.25) is 0 Å². The number of hydrogen-bond donors (Lipinski definition) is 6. The van der Waals surface area contributed by atoms with E-state index in [4.69, 9.17) is 0 Å². The van der Waals surface area contributed by atoms with Crippen LogP contribution in [-0.4, -0.2) is 57.7 Å². The summed E-state index contributed by atoms with van der Waals surface area (Å²) in [4.78, 5) is 13.6. The second kappa shape index (κ2) is 15.3. The van der Waals surface area contributed by atoms with Gasteiger partial charge in [0.05, 0.1) is 23.6 Å². The number of aliphatic hydroxyl groups excluding tert-OH is 1. The maximum absolute atomic E-state index is 13.6. The van der Waals surface area contributed by atoms with E-state index in [2.05, 4.69) is 16.0 Å². The van der Waals surface area contributed by atoms with Gasteiger partial charge in [-0.25, -0.2) is 0 Å². The number of carbonyl (C=O) groups excluding carboxylic acids is 1. The topological polar surface area (TPSA) is 117 Å². The van der Waals surface area contributed by atoms with E-state index >= 15 is 0 Å². The predicted molar refractivity (Wildman–Crippen MR) is 168 cm³/mol. The van der Waals surface area contributed by atoms with Gasteiger partial charge in [0, 0.05) is 37.4 Å². The van der Waals surface area contributed by atoms with Crippen LogP contribution < -0.4 is 20.3 Å². The highest BCUT2D eigenvalue weighted by Crippen LogP contribution is 2.50. The highest BCUT2D eigenvalue weighted by molar-refractivity contribution is 8.25. The lowest BCUT2D eigenvalue weighted by Crippen LogP contribution is -2.48. The van der Waals surface area contributed by atoms with Gasteiger partial charge in [0.15, 0.2) is 0 Å². The molecule has 8 nitrogen and oxygen atoms in total. The van der Waals surface area contributed by atoms with Gasteiger partial charge in [-0.15, -0.1) is 23.2 Å². The van der Waals surface area contributed by atoms with Crippen LogP contribution in [0.5, 0.6) is 0 Å². The first-order valence-electron chi connectivity index (χ1n) is 13.6. The molecule has 10 heteroatoms. The first-order chi connectivity index (χ1) is 18.9. The number of anilines is 2. The van der Waals surface area contributed by atoms with E-state index in [9.17, 15) is 19.0 Å². The Morgan fingerprint density at radius 1 is 0.975 bits per heavy atom. The minimum Gasteiger partial charge on any atom is -0.390 e. The van der Waals surface area contributed by atoms with Crippen LogP contribution in [0.25, 0.3) is 0 Å². The Kier molecular flexibility index (Phi) is 12.1. The number of amides is 1. The second-order valence-electron chi connectivity index (χ2n) is 9.90. The molecule has 1 heterocycles. The molecule has 1 aliphatic rings. The first-order valence-corrected chi connectivity index (χ1v) is 15.2. The number of nitrogens with zero attached hydrogens (tertiary/aromatic N) is 1. The van der Waals surface area contributed by atoms with Crippen molar-refractivity contribution in [2.24, 2.45) is 0 Å². The molecule has 1 aliphatic heterocycles. The Labute approximate surface area is 245 Å². The molecular formula is C30H41ClN4O4S. The molecule has 0 aromatic heterocycles. The quantitative estimate of drug-likeness (QED) is 0.170. The van der Waals surface area contributed by atoms with Crippen molar-refractivity contribution in [3.05, 3.63) is 95.6 Å². The van der Waals surface area contributed by atoms with E-state index in [-0.39, 0.29) is 18.3 Å². The van der Waals surface area contributed by atoms with Crippen LogP contribution in [0.15, 0.2) is 78.9 Å². The summed E-state index contributed by atoms with van der Waals surface area (Å²) in [6.07, 6.45) is 1.25. The Morgan fingerprint density at radius 2 is 1.65 bits per heavy atom. The summed E-state index contributed by atoms with van der Waals surface area (Å²) in [7, 11) is -2.94. The Bertz CT molecular complexity index is 1200. The standard InChI is InChI=1S/C30H40N4O4S.ClH/c1-2-32-26-18-25(19-27(20-26)34-15-9-10-16-39(34,37)38)30(36)33-28(17-23-11-5-3-6-12-23)29(35)22-31-21-24-13-7-4-8-14-24;/h3-8,11-14,18-20,28-29,31-32,35,37-38H,2,9-10,15-17,21-22H2,1H3,(H,33,36);1H/t28-,29-;/m0./s1. The molecule has 1 fully saturated rings. The van der Waals surface area contributed by atoms with Crippen molar-refractivity contribution in [3.8, 4) is 0 Å². The van der Waals surface area contributed by atoms with Crippen molar-refractivity contribution in [1.82, 2.24) is 10.6 Å². The van der Waals surface area contributed by atoms with Crippen molar-refractivity contribution in [3.63, 3.8) is 0 Å². The molecule has 0 radical (unpaired) electrons. The molecule has 1 saturated heterocycles. The maximum Gasteiger partial charge on any atom is 0.251 e. The molecule has 3 aromatic carbocycles. The number of hydrogen-bond acceptors (Lipinski definition) is 7. The van der Waals surface area contributed by atoms with Crippen LogP contribution in [-0.2, 0) is 13.0 Å². The average molecular weight is 589 g/mol. The van der Waals surface area contributed by atoms with Gasteiger partial charge in [-0.05, 0) is 55.5 Å². The van der Waals surface area contributed by atoms with Crippen molar-refractivity contribution < 1.29 is 19.0 Å². The molecule has 3 aromatic rings. The van der Waals surface area contributed by atoms with Crippen LogP contribution in [0.3, 0.4) is 0 Å². The Hall–Kier alpha value is -2.79. The van der Waals surface area contributed by atoms with E-state index in [1.807, 2.05) is 73.7 Å². The lowest BCUT2D eigenvalue weighted by Gasteiger charge is -2.47. The zero-order chi connectivity index (χ0) is 27.7. The first kappa shape index (κ1) is 31.7. The lowest BCUT2D eigenvalue weighted by atomic mass is 10.00. The summed E-state index contributed by atoms with van der Waals surface area (Å²) in [6.45, 7) is 4.06. The maximum atomic E-state index is 13.6. The fourth-order valence-electron chi connectivity index (χ4n) is 4.80. The van der Waals surface area contributed by atoms with Crippen molar-refractivity contribution in [2.45, 2.75) is 44.9 Å². The van der Waals surface area contributed by atoms with E-state index in [1.54, 1.807) is 16.4 Å². The van der Waals surface area contributed by atoms with Crippen LogP contribution in [0.4, 0.5) is 11.4 Å². The largest absolute Gasteiger partial charge is 0.390 e. The monoisotopic (exact) mass is 588 g/mol. The number of rotatable bonds is 12. The molecule has 2 atom stereocenters. The zero-order valence-corrected chi connectivity index (χ0v) is 24.5. The molecule has 0 unspecified atom stereocenters. The number of nitrogens with one attached hydrogen (secondary N) is 3. The van der Waals surface area contributed by atoms with E-state index in [0.29, 0.717) is 49.6 Å². The van der Waals surface area contributed by atoms with Crippen LogP contribution in [0, 0.1) is 0 Å². The summed E-state index contributed by atoms with van der Waals surface area (Å²) < 4.78 is 23.0. The van der Waals surface area contributed by atoms with E-state index in [0.717, 1.165) is 29.7 Å². The summed E-state index contributed by atoms with van der Waals surface area (Å²) in [6, 6.07) is 24.5. The van der Waals surface area contributed by atoms with Crippen molar-refractivity contribution >= 4 is 40.5 Å². The summed E-state index contributed by atoms with van der Waals surface area (Å²) in [5.41, 5.74) is 3.85. The minimum atomic E-state index is -2.94. The molecule has 6 N–H and O–H groups in total. The summed E-state index contributed by atoms with van der Waals surface area (Å²) in [5.74, 6) is -0.00564.